The molecule has 0 aliphatic heterocycles. The Bertz CT molecular complexity index is 311. The second-order valence-corrected chi connectivity index (χ2v) is 3.31. The first-order chi connectivity index (χ1) is 7.24. The Morgan fingerprint density at radius 3 is 2.60 bits per heavy atom. The summed E-state index contributed by atoms with van der Waals surface area (Å²) in [5, 5.41) is 2.94. The Labute approximate surface area is 90.3 Å². The van der Waals surface area contributed by atoms with Gasteiger partial charge in [-0.1, -0.05) is 0 Å². The zero-order valence-corrected chi connectivity index (χ0v) is 9.55. The lowest BCUT2D eigenvalue weighted by molar-refractivity contribution is 0.587. The van der Waals surface area contributed by atoms with E-state index in [9.17, 15) is 4.39 Å². The molecule has 15 heavy (non-hydrogen) atoms. The summed E-state index contributed by atoms with van der Waals surface area (Å²) in [7, 11) is 1.80. The molecule has 0 aliphatic carbocycles. The molecular formula is C11H18FN3. The average molecular weight is 211 g/mol. The number of aromatic nitrogens is 1. The molecule has 0 amide bonds. The van der Waals surface area contributed by atoms with Crippen molar-refractivity contribution in [2.45, 2.75) is 20.4 Å². The van der Waals surface area contributed by atoms with Crippen LogP contribution in [0.25, 0.3) is 0 Å². The monoisotopic (exact) mass is 211 g/mol. The van der Waals surface area contributed by atoms with Gasteiger partial charge in [0.2, 0.25) is 0 Å². The number of rotatable bonds is 5. The number of nitrogens with zero attached hydrogens (tertiary/aromatic N) is 2. The molecular weight excluding hydrogens is 193 g/mol. The fraction of sp³-hybridized carbons (Fsp3) is 0.545. The highest BCUT2D eigenvalue weighted by molar-refractivity contribution is 5.42. The van der Waals surface area contributed by atoms with Crippen LogP contribution in [-0.4, -0.2) is 25.1 Å². The highest BCUT2D eigenvalue weighted by Crippen LogP contribution is 2.18. The maximum atomic E-state index is 13.9. The van der Waals surface area contributed by atoms with Gasteiger partial charge < -0.3 is 10.2 Å². The van der Waals surface area contributed by atoms with E-state index in [1.807, 2.05) is 18.7 Å². The lowest BCUT2D eigenvalue weighted by Crippen LogP contribution is -2.25. The van der Waals surface area contributed by atoms with Crippen molar-refractivity contribution < 1.29 is 4.39 Å². The van der Waals surface area contributed by atoms with Crippen molar-refractivity contribution in [2.24, 2.45) is 0 Å². The molecule has 0 bridgehead atoms. The lowest BCUT2D eigenvalue weighted by Gasteiger charge is -2.21. The van der Waals surface area contributed by atoms with Crippen LogP contribution in [0.1, 0.15) is 19.4 Å². The minimum Gasteiger partial charge on any atom is -0.355 e. The predicted octanol–water partition coefficient (Wildman–Crippen LogP) is 1.79. The Morgan fingerprint density at radius 1 is 1.40 bits per heavy atom. The summed E-state index contributed by atoms with van der Waals surface area (Å²) in [6, 6.07) is 1.71. The summed E-state index contributed by atoms with van der Waals surface area (Å²) in [5.41, 5.74) is 0.661. The largest absolute Gasteiger partial charge is 0.355 e. The standard InChI is InChI=1S/C11H18FN3/c1-4-15(5-2)11-10(12)9(8-13-3)6-7-14-11/h6-7,13H,4-5,8H2,1-3H3. The smallest absolute Gasteiger partial charge is 0.170 e. The Balaban J connectivity index is 3.02. The normalized spacial score (nSPS) is 10.4. The van der Waals surface area contributed by atoms with Crippen LogP contribution < -0.4 is 10.2 Å². The van der Waals surface area contributed by atoms with E-state index in [2.05, 4.69) is 10.3 Å². The van der Waals surface area contributed by atoms with Crippen molar-refractivity contribution >= 4 is 5.82 Å². The second-order valence-electron chi connectivity index (χ2n) is 3.31. The van der Waals surface area contributed by atoms with E-state index in [1.165, 1.54) is 0 Å². The van der Waals surface area contributed by atoms with E-state index in [0.717, 1.165) is 13.1 Å². The zero-order chi connectivity index (χ0) is 11.3. The van der Waals surface area contributed by atoms with Crippen molar-refractivity contribution in [3.8, 4) is 0 Å². The Kier molecular flexibility index (Phi) is 4.49. The van der Waals surface area contributed by atoms with Crippen molar-refractivity contribution in [1.29, 1.82) is 0 Å². The third-order valence-electron chi connectivity index (χ3n) is 2.38. The summed E-state index contributed by atoms with van der Waals surface area (Å²) in [6.45, 7) is 6.06. The molecule has 4 heteroatoms. The zero-order valence-electron chi connectivity index (χ0n) is 9.55. The van der Waals surface area contributed by atoms with Crippen molar-refractivity contribution in [3.63, 3.8) is 0 Å². The molecule has 1 aromatic rings. The van der Waals surface area contributed by atoms with Crippen molar-refractivity contribution in [2.75, 3.05) is 25.0 Å². The van der Waals surface area contributed by atoms with Gasteiger partial charge in [0.25, 0.3) is 0 Å². The van der Waals surface area contributed by atoms with Crippen molar-refractivity contribution in [3.05, 3.63) is 23.6 Å². The number of anilines is 1. The molecule has 0 radical (unpaired) electrons. The molecule has 84 valence electrons. The predicted molar refractivity (Wildman–Crippen MR) is 60.5 cm³/mol. The number of halogens is 1. The van der Waals surface area contributed by atoms with Gasteiger partial charge in [-0.15, -0.1) is 0 Å². The molecule has 0 saturated carbocycles. The van der Waals surface area contributed by atoms with Gasteiger partial charge in [0.05, 0.1) is 0 Å². The molecule has 0 aromatic carbocycles. The summed E-state index contributed by atoms with van der Waals surface area (Å²) < 4.78 is 13.9. The molecule has 1 heterocycles. The summed E-state index contributed by atoms with van der Waals surface area (Å²) in [4.78, 5) is 6.00. The van der Waals surface area contributed by atoms with Crippen LogP contribution in [0.3, 0.4) is 0 Å². The number of hydrogen-bond acceptors (Lipinski definition) is 3. The number of pyridine rings is 1. The van der Waals surface area contributed by atoms with Crippen LogP contribution in [-0.2, 0) is 6.54 Å². The van der Waals surface area contributed by atoms with E-state index in [1.54, 1.807) is 19.3 Å². The van der Waals surface area contributed by atoms with Gasteiger partial charge in [0.15, 0.2) is 11.6 Å². The molecule has 0 fully saturated rings. The van der Waals surface area contributed by atoms with Crippen LogP contribution >= 0.6 is 0 Å². The maximum absolute atomic E-state index is 13.9. The fourth-order valence-electron chi connectivity index (χ4n) is 1.54. The van der Waals surface area contributed by atoms with Crippen LogP contribution in [0.2, 0.25) is 0 Å². The van der Waals surface area contributed by atoms with Gasteiger partial charge in [-0.05, 0) is 27.0 Å². The molecule has 0 aliphatic rings. The fourth-order valence-corrected chi connectivity index (χ4v) is 1.54. The molecule has 0 saturated heterocycles. The number of hydrogen-bond donors (Lipinski definition) is 1. The van der Waals surface area contributed by atoms with Gasteiger partial charge in [-0.3, -0.25) is 0 Å². The molecule has 0 unspecified atom stereocenters. The van der Waals surface area contributed by atoms with E-state index in [-0.39, 0.29) is 5.82 Å². The summed E-state index contributed by atoms with van der Waals surface area (Å²) in [5.74, 6) is 0.239. The molecule has 1 N–H and O–H groups in total. The maximum Gasteiger partial charge on any atom is 0.170 e. The topological polar surface area (TPSA) is 28.2 Å². The minimum absolute atomic E-state index is 0.212. The third-order valence-corrected chi connectivity index (χ3v) is 2.38. The van der Waals surface area contributed by atoms with Gasteiger partial charge in [-0.2, -0.15) is 0 Å². The van der Waals surface area contributed by atoms with E-state index in [4.69, 9.17) is 0 Å². The van der Waals surface area contributed by atoms with Crippen LogP contribution in [0.5, 0.6) is 0 Å². The van der Waals surface area contributed by atoms with Gasteiger partial charge in [-0.25, -0.2) is 9.37 Å². The van der Waals surface area contributed by atoms with Crippen molar-refractivity contribution in [1.82, 2.24) is 10.3 Å². The van der Waals surface area contributed by atoms with E-state index < -0.39 is 0 Å². The second kappa shape index (κ2) is 5.66. The average Bonchev–Trinajstić information content (AvgIpc) is 2.25. The van der Waals surface area contributed by atoms with E-state index >= 15 is 0 Å². The van der Waals surface area contributed by atoms with Gasteiger partial charge >= 0.3 is 0 Å². The first kappa shape index (κ1) is 11.9. The highest BCUT2D eigenvalue weighted by Gasteiger charge is 2.12. The Morgan fingerprint density at radius 2 is 2.07 bits per heavy atom. The molecule has 1 aromatic heterocycles. The SMILES string of the molecule is CCN(CC)c1nccc(CNC)c1F. The molecule has 0 spiro atoms. The minimum atomic E-state index is -0.212. The molecule has 3 nitrogen and oxygen atoms in total. The summed E-state index contributed by atoms with van der Waals surface area (Å²) >= 11 is 0. The van der Waals surface area contributed by atoms with Crippen LogP contribution in [0, 0.1) is 5.82 Å². The van der Waals surface area contributed by atoms with E-state index in [0.29, 0.717) is 17.9 Å². The summed E-state index contributed by atoms with van der Waals surface area (Å²) in [6.07, 6.45) is 1.66. The van der Waals surface area contributed by atoms with Crippen LogP contribution in [0.4, 0.5) is 10.2 Å². The van der Waals surface area contributed by atoms with Crippen LogP contribution in [0.15, 0.2) is 12.3 Å². The first-order valence-corrected chi connectivity index (χ1v) is 5.27. The third kappa shape index (κ3) is 2.65. The first-order valence-electron chi connectivity index (χ1n) is 5.27. The highest BCUT2D eigenvalue weighted by atomic mass is 19.1. The number of nitrogens with one attached hydrogen (secondary N) is 1. The van der Waals surface area contributed by atoms with Gasteiger partial charge in [0.1, 0.15) is 0 Å². The Hall–Kier alpha value is -1.16. The molecule has 1 rings (SSSR count). The quantitative estimate of drug-likeness (QED) is 0.804. The molecule has 0 atom stereocenters. The van der Waals surface area contributed by atoms with Gasteiger partial charge in [0, 0.05) is 31.4 Å². The lowest BCUT2D eigenvalue weighted by atomic mass is 10.2.